The van der Waals surface area contributed by atoms with Crippen molar-refractivity contribution in [3.8, 4) is 5.75 Å². The van der Waals surface area contributed by atoms with Gasteiger partial charge in [-0.2, -0.15) is 5.10 Å². The monoisotopic (exact) mass is 348 g/mol. The van der Waals surface area contributed by atoms with Crippen LogP contribution >= 0.6 is 0 Å². The van der Waals surface area contributed by atoms with Crippen LogP contribution in [0.15, 0.2) is 47.7 Å². The van der Waals surface area contributed by atoms with E-state index in [4.69, 9.17) is 4.74 Å². The minimum Gasteiger partial charge on any atom is -0.483 e. The Kier molecular flexibility index (Phi) is 5.07. The van der Waals surface area contributed by atoms with Gasteiger partial charge in [-0.25, -0.2) is 5.01 Å². The fraction of sp³-hybridized carbons (Fsp3) is 0.190. The molecule has 0 fully saturated rings. The van der Waals surface area contributed by atoms with Crippen LogP contribution in [0.25, 0.3) is 10.9 Å². The molecule has 1 amide bonds. The van der Waals surface area contributed by atoms with Gasteiger partial charge >= 0.3 is 0 Å². The first-order valence-electron chi connectivity index (χ1n) is 8.39. The standard InChI is InChI=1S/C21H22N3O2/c1-14-9-15(2)21(16(3)10-14)26-13-20(25)24(4)23-12-17-5-6-18-7-8-22-19(18)11-17/h5-12,22H,4,13H2,1-3H3/b23-12+. The number of ether oxygens (including phenoxy) is 1. The molecular formula is C21H22N3O2. The van der Waals surface area contributed by atoms with Gasteiger partial charge in [0, 0.05) is 11.7 Å². The zero-order chi connectivity index (χ0) is 18.7. The Morgan fingerprint density at radius 1 is 1.19 bits per heavy atom. The highest BCUT2D eigenvalue weighted by molar-refractivity contribution is 5.89. The van der Waals surface area contributed by atoms with Crippen LogP contribution < -0.4 is 4.74 Å². The molecule has 0 aliphatic carbocycles. The molecular weight excluding hydrogens is 326 g/mol. The second kappa shape index (κ2) is 7.44. The molecule has 3 aromatic rings. The molecule has 1 heterocycles. The molecule has 0 saturated heterocycles. The third-order valence-corrected chi connectivity index (χ3v) is 4.16. The van der Waals surface area contributed by atoms with Crippen molar-refractivity contribution < 1.29 is 9.53 Å². The largest absolute Gasteiger partial charge is 0.483 e. The summed E-state index contributed by atoms with van der Waals surface area (Å²) in [5.41, 5.74) is 5.08. The Labute approximate surface area is 153 Å². The van der Waals surface area contributed by atoms with Crippen molar-refractivity contribution in [3.63, 3.8) is 0 Å². The van der Waals surface area contributed by atoms with Crippen molar-refractivity contribution in [1.29, 1.82) is 0 Å². The number of nitrogens with zero attached hydrogens (tertiary/aromatic N) is 2. The molecule has 0 aliphatic rings. The molecule has 26 heavy (non-hydrogen) atoms. The number of aromatic nitrogens is 1. The highest BCUT2D eigenvalue weighted by atomic mass is 16.5. The van der Waals surface area contributed by atoms with E-state index >= 15 is 0 Å². The number of carbonyl (C=O) groups excluding carboxylic acids is 1. The molecule has 1 aromatic heterocycles. The molecule has 0 unspecified atom stereocenters. The summed E-state index contributed by atoms with van der Waals surface area (Å²) in [6, 6.07) is 12.0. The van der Waals surface area contributed by atoms with Crippen LogP contribution in [0, 0.1) is 27.8 Å². The smallest absolute Gasteiger partial charge is 0.280 e. The van der Waals surface area contributed by atoms with Crippen LogP contribution in [0.3, 0.4) is 0 Å². The topological polar surface area (TPSA) is 57.7 Å². The summed E-state index contributed by atoms with van der Waals surface area (Å²) in [5, 5.41) is 6.29. The lowest BCUT2D eigenvalue weighted by Crippen LogP contribution is -2.26. The number of fused-ring (bicyclic) bond motifs is 1. The molecule has 0 bridgehead atoms. The number of rotatable bonds is 5. The van der Waals surface area contributed by atoms with E-state index in [1.165, 1.54) is 5.56 Å². The number of benzene rings is 2. The van der Waals surface area contributed by atoms with Crippen molar-refractivity contribution >= 4 is 23.0 Å². The first-order chi connectivity index (χ1) is 12.4. The van der Waals surface area contributed by atoms with Gasteiger partial charge in [0.15, 0.2) is 6.61 Å². The van der Waals surface area contributed by atoms with E-state index in [-0.39, 0.29) is 12.5 Å². The van der Waals surface area contributed by atoms with E-state index < -0.39 is 0 Å². The van der Waals surface area contributed by atoms with Gasteiger partial charge in [0.2, 0.25) is 0 Å². The lowest BCUT2D eigenvalue weighted by molar-refractivity contribution is -0.131. The lowest BCUT2D eigenvalue weighted by Gasteiger charge is -2.15. The Hall–Kier alpha value is -3.08. The summed E-state index contributed by atoms with van der Waals surface area (Å²) in [6.45, 7) is 5.86. The summed E-state index contributed by atoms with van der Waals surface area (Å²) in [7, 11) is 3.67. The van der Waals surface area contributed by atoms with Gasteiger partial charge in [0.25, 0.3) is 5.91 Å². The molecule has 133 valence electrons. The Bertz CT molecular complexity index is 949. The highest BCUT2D eigenvalue weighted by Gasteiger charge is 2.11. The van der Waals surface area contributed by atoms with Crippen LogP contribution in [0.4, 0.5) is 0 Å². The molecule has 0 saturated carbocycles. The van der Waals surface area contributed by atoms with Crippen molar-refractivity contribution in [2.24, 2.45) is 5.10 Å². The highest BCUT2D eigenvalue weighted by Crippen LogP contribution is 2.24. The van der Waals surface area contributed by atoms with Crippen LogP contribution in [0.1, 0.15) is 22.3 Å². The summed E-state index contributed by atoms with van der Waals surface area (Å²) in [5.74, 6) is 0.417. The third-order valence-electron chi connectivity index (χ3n) is 4.16. The second-order valence-electron chi connectivity index (χ2n) is 6.38. The Morgan fingerprint density at radius 3 is 2.65 bits per heavy atom. The van der Waals surface area contributed by atoms with Crippen molar-refractivity contribution in [3.05, 3.63) is 71.9 Å². The lowest BCUT2D eigenvalue weighted by atomic mass is 10.1. The van der Waals surface area contributed by atoms with Gasteiger partial charge < -0.3 is 9.72 Å². The van der Waals surface area contributed by atoms with Crippen LogP contribution in [-0.2, 0) is 4.79 Å². The van der Waals surface area contributed by atoms with Gasteiger partial charge in [0.1, 0.15) is 5.75 Å². The van der Waals surface area contributed by atoms with Crippen molar-refractivity contribution in [2.75, 3.05) is 6.61 Å². The minimum atomic E-state index is -0.318. The van der Waals surface area contributed by atoms with Gasteiger partial charge in [-0.05, 0) is 55.0 Å². The number of aryl methyl sites for hydroxylation is 3. The van der Waals surface area contributed by atoms with Crippen LogP contribution in [0.2, 0.25) is 0 Å². The maximum Gasteiger partial charge on any atom is 0.280 e. The van der Waals surface area contributed by atoms with E-state index in [1.54, 1.807) is 6.21 Å². The van der Waals surface area contributed by atoms with E-state index in [9.17, 15) is 4.79 Å². The molecule has 0 atom stereocenters. The molecule has 3 rings (SSSR count). The molecule has 0 spiro atoms. The predicted molar refractivity (Wildman–Crippen MR) is 104 cm³/mol. The number of H-pyrrole nitrogens is 1. The zero-order valence-corrected chi connectivity index (χ0v) is 15.2. The number of nitrogens with one attached hydrogen (secondary N) is 1. The van der Waals surface area contributed by atoms with E-state index in [0.717, 1.165) is 38.4 Å². The number of hydrazone groups is 1. The SMILES string of the molecule is [CH2]N(/N=C/c1ccc2cc[nH]c2c1)C(=O)COc1c(C)cc(C)cc1C. The second-order valence-corrected chi connectivity index (χ2v) is 6.38. The summed E-state index contributed by atoms with van der Waals surface area (Å²) in [4.78, 5) is 15.4. The van der Waals surface area contributed by atoms with Gasteiger partial charge in [0.05, 0.1) is 13.3 Å². The summed E-state index contributed by atoms with van der Waals surface area (Å²) >= 11 is 0. The molecule has 0 aliphatic heterocycles. The van der Waals surface area contributed by atoms with Crippen LogP contribution in [0.5, 0.6) is 5.75 Å². The van der Waals surface area contributed by atoms with Crippen molar-refractivity contribution in [2.45, 2.75) is 20.8 Å². The molecule has 1 radical (unpaired) electrons. The maximum absolute atomic E-state index is 12.2. The fourth-order valence-corrected chi connectivity index (χ4v) is 2.95. The number of carbonyl (C=O) groups is 1. The number of hydrogen-bond donors (Lipinski definition) is 1. The Balaban J connectivity index is 1.62. The van der Waals surface area contributed by atoms with Gasteiger partial charge in [-0.1, -0.05) is 29.8 Å². The predicted octanol–water partition coefficient (Wildman–Crippen LogP) is 4.13. The first-order valence-corrected chi connectivity index (χ1v) is 8.39. The number of hydrogen-bond acceptors (Lipinski definition) is 3. The summed E-state index contributed by atoms with van der Waals surface area (Å²) in [6.07, 6.45) is 3.49. The van der Waals surface area contributed by atoms with E-state index in [2.05, 4.69) is 17.1 Å². The molecule has 2 aromatic carbocycles. The van der Waals surface area contributed by atoms with Crippen LogP contribution in [-0.4, -0.2) is 28.7 Å². The van der Waals surface area contributed by atoms with E-state index in [1.807, 2.05) is 63.4 Å². The quantitative estimate of drug-likeness (QED) is 0.557. The first kappa shape index (κ1) is 17.7. The number of amides is 1. The molecule has 1 N–H and O–H groups in total. The van der Waals surface area contributed by atoms with Crippen molar-refractivity contribution in [1.82, 2.24) is 9.99 Å². The third kappa shape index (κ3) is 3.94. The molecule has 5 heteroatoms. The average Bonchev–Trinajstić information content (AvgIpc) is 3.06. The fourth-order valence-electron chi connectivity index (χ4n) is 2.95. The average molecular weight is 348 g/mol. The molecule has 5 nitrogen and oxygen atoms in total. The van der Waals surface area contributed by atoms with E-state index in [0.29, 0.717) is 0 Å². The Morgan fingerprint density at radius 2 is 1.92 bits per heavy atom. The summed E-state index contributed by atoms with van der Waals surface area (Å²) < 4.78 is 5.69. The number of aromatic amines is 1. The minimum absolute atomic E-state index is 0.110. The maximum atomic E-state index is 12.2. The zero-order valence-electron chi connectivity index (χ0n) is 15.2. The normalized spacial score (nSPS) is 11.2. The van der Waals surface area contributed by atoms with Gasteiger partial charge in [-0.15, -0.1) is 0 Å². The van der Waals surface area contributed by atoms with Gasteiger partial charge in [-0.3, -0.25) is 4.79 Å².